The van der Waals surface area contributed by atoms with Crippen LogP contribution in [0.1, 0.15) is 30.9 Å². The Kier molecular flexibility index (Phi) is 6.81. The zero-order valence-electron chi connectivity index (χ0n) is 23.1. The van der Waals surface area contributed by atoms with Gasteiger partial charge in [0, 0.05) is 72.6 Å². The molecule has 0 bridgehead atoms. The Balaban J connectivity index is 1.18. The van der Waals surface area contributed by atoms with E-state index in [1.807, 2.05) is 75.2 Å². The Morgan fingerprint density at radius 3 is 2.54 bits per heavy atom. The van der Waals surface area contributed by atoms with E-state index < -0.39 is 0 Å². The second kappa shape index (κ2) is 10.7. The summed E-state index contributed by atoms with van der Waals surface area (Å²) in [4.78, 5) is 20.0. The van der Waals surface area contributed by atoms with Crippen LogP contribution < -0.4 is 10.2 Å². The van der Waals surface area contributed by atoms with Crippen LogP contribution in [0.25, 0.3) is 33.3 Å². The van der Waals surface area contributed by atoms with Crippen LogP contribution in [0.4, 0.5) is 11.5 Å². The molecule has 1 aliphatic heterocycles. The van der Waals surface area contributed by atoms with Gasteiger partial charge in [-0.1, -0.05) is 24.3 Å². The molecule has 1 aliphatic rings. The summed E-state index contributed by atoms with van der Waals surface area (Å²) in [5, 5.41) is 21.5. The molecule has 0 aliphatic carbocycles. The lowest BCUT2D eigenvalue weighted by Gasteiger charge is -2.32. The zero-order chi connectivity index (χ0) is 28.5. The third-order valence-corrected chi connectivity index (χ3v) is 7.64. The molecule has 1 aromatic carbocycles. The van der Waals surface area contributed by atoms with E-state index in [1.54, 1.807) is 15.4 Å². The van der Waals surface area contributed by atoms with Crippen LogP contribution in [0.2, 0.25) is 0 Å². The largest absolute Gasteiger partial charge is 0.357 e. The van der Waals surface area contributed by atoms with Gasteiger partial charge in [-0.25, -0.2) is 9.50 Å². The van der Waals surface area contributed by atoms with Gasteiger partial charge in [-0.3, -0.25) is 9.48 Å². The topological polar surface area (TPSA) is 104 Å². The summed E-state index contributed by atoms with van der Waals surface area (Å²) in [5.41, 5.74) is 7.73. The number of pyridine rings is 2. The maximum absolute atomic E-state index is 13.0. The molecule has 1 N–H and O–H groups in total. The lowest BCUT2D eigenvalue weighted by atomic mass is 9.95. The van der Waals surface area contributed by atoms with E-state index in [1.165, 1.54) is 0 Å². The minimum Gasteiger partial charge on any atom is -0.357 e. The first-order valence-corrected chi connectivity index (χ1v) is 13.6. The van der Waals surface area contributed by atoms with Crippen LogP contribution in [0.3, 0.4) is 0 Å². The summed E-state index contributed by atoms with van der Waals surface area (Å²) in [7, 11) is 1.88. The van der Waals surface area contributed by atoms with Crippen molar-refractivity contribution in [3.05, 3.63) is 91.2 Å². The Morgan fingerprint density at radius 1 is 1.02 bits per heavy atom. The van der Waals surface area contributed by atoms with Crippen molar-refractivity contribution >= 4 is 28.5 Å². The molecule has 0 atom stereocenters. The van der Waals surface area contributed by atoms with E-state index in [9.17, 15) is 10.1 Å². The number of amides is 1. The number of benzene rings is 1. The minimum absolute atomic E-state index is 0.0474. The highest BCUT2D eigenvalue weighted by Crippen LogP contribution is 2.33. The number of rotatable bonds is 6. The van der Waals surface area contributed by atoms with Gasteiger partial charge in [0.25, 0.3) is 0 Å². The molecule has 5 heterocycles. The predicted molar refractivity (Wildman–Crippen MR) is 160 cm³/mol. The van der Waals surface area contributed by atoms with Gasteiger partial charge in [-0.2, -0.15) is 15.5 Å². The van der Waals surface area contributed by atoms with Gasteiger partial charge in [0.2, 0.25) is 5.91 Å². The molecule has 9 heteroatoms. The van der Waals surface area contributed by atoms with E-state index in [-0.39, 0.29) is 11.8 Å². The molecule has 0 saturated carbocycles. The molecule has 4 aromatic heterocycles. The number of nitrogens with zero attached hydrogens (tertiary/aromatic N) is 7. The summed E-state index contributed by atoms with van der Waals surface area (Å²) in [6.07, 6.45) is 10.6. The number of hydrogen-bond donors (Lipinski definition) is 1. The fraction of sp³-hybridized carbons (Fsp3) is 0.219. The maximum Gasteiger partial charge on any atom is 0.227 e. The van der Waals surface area contributed by atoms with Gasteiger partial charge >= 0.3 is 0 Å². The van der Waals surface area contributed by atoms with Gasteiger partial charge in [-0.05, 0) is 55.7 Å². The summed E-state index contributed by atoms with van der Waals surface area (Å²) < 4.78 is 3.50. The molecule has 0 spiro atoms. The van der Waals surface area contributed by atoms with Crippen LogP contribution in [0.5, 0.6) is 0 Å². The predicted octanol–water partition coefficient (Wildman–Crippen LogP) is 5.56. The smallest absolute Gasteiger partial charge is 0.227 e. The average Bonchev–Trinajstić information content (AvgIpc) is 3.63. The Bertz CT molecular complexity index is 1800. The molecule has 0 radical (unpaired) electrons. The highest BCUT2D eigenvalue weighted by atomic mass is 16.1. The quantitative estimate of drug-likeness (QED) is 0.301. The number of piperidine rings is 1. The van der Waals surface area contributed by atoms with Crippen molar-refractivity contribution in [1.82, 2.24) is 24.4 Å². The molecule has 5 aromatic rings. The van der Waals surface area contributed by atoms with Crippen molar-refractivity contribution in [3.8, 4) is 28.3 Å². The fourth-order valence-corrected chi connectivity index (χ4v) is 5.36. The third kappa shape index (κ3) is 5.20. The molecule has 0 unspecified atom stereocenters. The van der Waals surface area contributed by atoms with Crippen molar-refractivity contribution < 1.29 is 4.79 Å². The van der Waals surface area contributed by atoms with Gasteiger partial charge in [0.15, 0.2) is 0 Å². The van der Waals surface area contributed by atoms with Crippen LogP contribution in [-0.4, -0.2) is 43.4 Å². The number of anilines is 2. The Hall–Kier alpha value is -5.23. The molecule has 9 nitrogen and oxygen atoms in total. The first kappa shape index (κ1) is 26.0. The van der Waals surface area contributed by atoms with Gasteiger partial charge in [0.1, 0.15) is 11.9 Å². The molecular weight excluding hydrogens is 512 g/mol. The standard InChI is InChI=1S/C32H30N8O/c1-21(2)23-5-4-6-28(13-23)37-32(41)22-9-11-39(12-10-22)30-8-7-24(16-34-30)29-14-25(27-18-35-38(3)19-27)20-40-31(29)26(15-33)17-36-40/h4-8,13-14,16-20,22H,1,9-12H2,2-3H3,(H,37,41). The molecule has 1 saturated heterocycles. The SMILES string of the molecule is C=C(C)c1cccc(NC(=O)C2CCN(c3ccc(-c4cc(-c5cnn(C)c5)cn5ncc(C#N)c45)cn3)CC2)c1. The van der Waals surface area contributed by atoms with Gasteiger partial charge < -0.3 is 10.2 Å². The number of allylic oxidation sites excluding steroid dienone is 1. The maximum atomic E-state index is 13.0. The summed E-state index contributed by atoms with van der Waals surface area (Å²) in [6.45, 7) is 7.44. The molecule has 41 heavy (non-hydrogen) atoms. The molecule has 1 fully saturated rings. The van der Waals surface area contributed by atoms with E-state index in [2.05, 4.69) is 39.1 Å². The van der Waals surface area contributed by atoms with Crippen LogP contribution in [0.15, 0.2) is 80.0 Å². The second-order valence-corrected chi connectivity index (χ2v) is 10.5. The molecular formula is C32H30N8O. The van der Waals surface area contributed by atoms with Gasteiger partial charge in [-0.15, -0.1) is 0 Å². The van der Waals surface area contributed by atoms with Crippen molar-refractivity contribution in [2.45, 2.75) is 19.8 Å². The second-order valence-electron chi connectivity index (χ2n) is 10.5. The zero-order valence-corrected chi connectivity index (χ0v) is 23.1. The Labute approximate surface area is 238 Å². The molecule has 6 rings (SSSR count). The minimum atomic E-state index is -0.0474. The van der Waals surface area contributed by atoms with Crippen molar-refractivity contribution in [3.63, 3.8) is 0 Å². The number of nitriles is 1. The fourth-order valence-electron chi connectivity index (χ4n) is 5.36. The number of nitrogens with one attached hydrogen (secondary N) is 1. The molecule has 1 amide bonds. The van der Waals surface area contributed by atoms with E-state index in [0.29, 0.717) is 5.56 Å². The first-order valence-electron chi connectivity index (χ1n) is 13.6. The average molecular weight is 543 g/mol. The number of aryl methyl sites for hydroxylation is 1. The highest BCUT2D eigenvalue weighted by Gasteiger charge is 2.26. The third-order valence-electron chi connectivity index (χ3n) is 7.64. The number of carbonyl (C=O) groups excluding carboxylic acids is 1. The number of hydrogen-bond acceptors (Lipinski definition) is 6. The normalized spacial score (nSPS) is 13.7. The summed E-state index contributed by atoms with van der Waals surface area (Å²) in [6, 6.07) is 16.2. The van der Waals surface area contributed by atoms with E-state index in [0.717, 1.165) is 76.3 Å². The monoisotopic (exact) mass is 542 g/mol. The van der Waals surface area contributed by atoms with E-state index in [4.69, 9.17) is 4.98 Å². The number of carbonyl (C=O) groups is 1. The van der Waals surface area contributed by atoms with Crippen LogP contribution in [0, 0.1) is 17.2 Å². The number of aromatic nitrogens is 5. The van der Waals surface area contributed by atoms with Crippen molar-refractivity contribution in [2.75, 3.05) is 23.3 Å². The van der Waals surface area contributed by atoms with E-state index >= 15 is 0 Å². The van der Waals surface area contributed by atoms with Crippen molar-refractivity contribution in [2.24, 2.45) is 13.0 Å². The van der Waals surface area contributed by atoms with Crippen LogP contribution in [-0.2, 0) is 11.8 Å². The summed E-state index contributed by atoms with van der Waals surface area (Å²) in [5.74, 6) is 0.877. The Morgan fingerprint density at radius 2 is 1.85 bits per heavy atom. The van der Waals surface area contributed by atoms with Crippen molar-refractivity contribution in [1.29, 1.82) is 5.26 Å². The molecule has 204 valence electrons. The number of fused-ring (bicyclic) bond motifs is 1. The first-order chi connectivity index (χ1) is 19.9. The summed E-state index contributed by atoms with van der Waals surface area (Å²) >= 11 is 0. The lowest BCUT2D eigenvalue weighted by Crippen LogP contribution is -2.38. The van der Waals surface area contributed by atoms with Gasteiger partial charge in [0.05, 0.1) is 23.5 Å². The lowest BCUT2D eigenvalue weighted by molar-refractivity contribution is -0.120. The highest BCUT2D eigenvalue weighted by molar-refractivity contribution is 5.93. The van der Waals surface area contributed by atoms with Crippen LogP contribution >= 0.6 is 0 Å².